The number of carbonyl (C=O) groups excluding carboxylic acids is 1. The van der Waals surface area contributed by atoms with E-state index < -0.39 is 0 Å². The van der Waals surface area contributed by atoms with Gasteiger partial charge in [-0.25, -0.2) is 4.99 Å². The second-order valence-corrected chi connectivity index (χ2v) is 6.34. The molecular weight excluding hydrogens is 348 g/mol. The molecule has 0 saturated carbocycles. The molecule has 0 spiro atoms. The van der Waals surface area contributed by atoms with Crippen molar-refractivity contribution in [3.05, 3.63) is 94.5 Å². The van der Waals surface area contributed by atoms with E-state index in [0.29, 0.717) is 27.9 Å². The lowest BCUT2D eigenvalue weighted by Crippen LogP contribution is -2.32. The van der Waals surface area contributed by atoms with E-state index in [9.17, 15) is 4.79 Å². The highest BCUT2D eigenvalue weighted by molar-refractivity contribution is 6.39. The third-order valence-corrected chi connectivity index (χ3v) is 4.42. The topological polar surface area (TPSA) is 45.8 Å². The minimum absolute atomic E-state index is 0.222. The van der Waals surface area contributed by atoms with Crippen LogP contribution in [-0.2, 0) is 4.79 Å². The van der Waals surface area contributed by atoms with Crippen molar-refractivity contribution in [2.45, 2.75) is 6.92 Å². The quantitative estimate of drug-likeness (QED) is 0.610. The fourth-order valence-corrected chi connectivity index (χ4v) is 3.00. The number of hydrogen-bond donors (Lipinski definition) is 0. The highest BCUT2D eigenvalue weighted by atomic mass is 35.5. The predicted octanol–water partition coefficient (Wildman–Crippen LogP) is 5.08. The van der Waals surface area contributed by atoms with Gasteiger partial charge in [0.1, 0.15) is 17.3 Å². The van der Waals surface area contributed by atoms with Gasteiger partial charge < -0.3 is 4.42 Å². The number of anilines is 1. The van der Waals surface area contributed by atoms with E-state index in [4.69, 9.17) is 16.0 Å². The summed E-state index contributed by atoms with van der Waals surface area (Å²) in [5.74, 6) is 0.851. The number of hydrogen-bond acceptors (Lipinski definition) is 3. The van der Waals surface area contributed by atoms with Crippen LogP contribution in [0.5, 0.6) is 0 Å². The van der Waals surface area contributed by atoms with Gasteiger partial charge in [-0.3, -0.25) is 9.69 Å². The first-order valence-electron chi connectivity index (χ1n) is 8.13. The Bertz CT molecular complexity index is 1020. The lowest BCUT2D eigenvalue weighted by atomic mass is 10.1. The molecule has 5 heteroatoms. The smallest absolute Gasteiger partial charge is 0.282 e. The number of aryl methyl sites for hydroxylation is 1. The molecule has 3 aromatic rings. The molecule has 2 heterocycles. The number of amides is 1. The number of aliphatic imine (C=N–C) groups is 1. The summed E-state index contributed by atoms with van der Waals surface area (Å²) in [6.07, 6.45) is 3.19. The second-order valence-electron chi connectivity index (χ2n) is 5.94. The minimum Gasteiger partial charge on any atom is -0.465 e. The van der Waals surface area contributed by atoms with Crippen molar-refractivity contribution in [3.63, 3.8) is 0 Å². The highest BCUT2D eigenvalue weighted by Gasteiger charge is 2.33. The first-order chi connectivity index (χ1) is 12.6. The fourth-order valence-electron chi connectivity index (χ4n) is 2.78. The molecule has 0 fully saturated rings. The zero-order valence-electron chi connectivity index (χ0n) is 14.0. The van der Waals surface area contributed by atoms with Crippen LogP contribution in [0.25, 0.3) is 6.08 Å². The van der Waals surface area contributed by atoms with Gasteiger partial charge in [0.25, 0.3) is 5.91 Å². The van der Waals surface area contributed by atoms with Crippen LogP contribution in [0, 0.1) is 6.92 Å². The molecule has 1 aliphatic rings. The van der Waals surface area contributed by atoms with Crippen LogP contribution >= 0.6 is 11.6 Å². The van der Waals surface area contributed by atoms with Gasteiger partial charge in [0, 0.05) is 11.6 Å². The molecule has 26 heavy (non-hydrogen) atoms. The minimum atomic E-state index is -0.222. The van der Waals surface area contributed by atoms with E-state index in [0.717, 1.165) is 11.3 Å². The molecule has 0 atom stereocenters. The summed E-state index contributed by atoms with van der Waals surface area (Å²) >= 11 is 6.36. The zero-order chi connectivity index (χ0) is 18.1. The zero-order valence-corrected chi connectivity index (χ0v) is 14.8. The number of rotatable bonds is 3. The maximum absolute atomic E-state index is 13.1. The largest absolute Gasteiger partial charge is 0.465 e. The van der Waals surface area contributed by atoms with Crippen LogP contribution in [0.4, 0.5) is 5.69 Å². The van der Waals surface area contributed by atoms with Crippen molar-refractivity contribution < 1.29 is 9.21 Å². The van der Waals surface area contributed by atoms with Crippen molar-refractivity contribution >= 4 is 35.1 Å². The predicted molar refractivity (Wildman–Crippen MR) is 103 cm³/mol. The van der Waals surface area contributed by atoms with Crippen molar-refractivity contribution in [3.8, 4) is 0 Å². The summed E-state index contributed by atoms with van der Waals surface area (Å²) in [6.45, 7) is 2.00. The fraction of sp³-hybridized carbons (Fsp3) is 0.0476. The molecule has 0 N–H and O–H groups in total. The molecule has 2 aromatic carbocycles. The molecule has 0 bridgehead atoms. The molecule has 1 amide bonds. The molecule has 0 aliphatic carbocycles. The van der Waals surface area contributed by atoms with Gasteiger partial charge in [-0.15, -0.1) is 0 Å². The Morgan fingerprint density at radius 1 is 1.04 bits per heavy atom. The van der Waals surface area contributed by atoms with Crippen molar-refractivity contribution in [1.29, 1.82) is 0 Å². The number of halogens is 1. The van der Waals surface area contributed by atoms with E-state index in [2.05, 4.69) is 4.99 Å². The third-order valence-electron chi connectivity index (χ3n) is 4.09. The Labute approximate surface area is 156 Å². The number of nitrogens with zero attached hydrogens (tertiary/aromatic N) is 2. The molecule has 128 valence electrons. The van der Waals surface area contributed by atoms with Gasteiger partial charge in [-0.05, 0) is 43.3 Å². The average molecular weight is 363 g/mol. The molecule has 0 radical (unpaired) electrons. The summed E-state index contributed by atoms with van der Waals surface area (Å²) < 4.78 is 5.32. The van der Waals surface area contributed by atoms with Crippen LogP contribution in [0.3, 0.4) is 0 Å². The normalized spacial score (nSPS) is 15.6. The molecule has 4 rings (SSSR count). The van der Waals surface area contributed by atoms with Gasteiger partial charge in [-0.1, -0.05) is 41.4 Å². The average Bonchev–Trinajstić information content (AvgIpc) is 3.26. The lowest BCUT2D eigenvalue weighted by Gasteiger charge is -2.19. The van der Waals surface area contributed by atoms with Gasteiger partial charge in [0.2, 0.25) is 0 Å². The summed E-state index contributed by atoms with van der Waals surface area (Å²) in [5, 5.41) is 0.537. The molecule has 0 saturated heterocycles. The summed E-state index contributed by atoms with van der Waals surface area (Å²) in [4.78, 5) is 19.2. The Kier molecular flexibility index (Phi) is 4.19. The van der Waals surface area contributed by atoms with Gasteiger partial charge >= 0.3 is 0 Å². The third kappa shape index (κ3) is 2.95. The second kappa shape index (κ2) is 6.65. The van der Waals surface area contributed by atoms with Crippen LogP contribution in [-0.4, -0.2) is 11.7 Å². The monoisotopic (exact) mass is 362 g/mol. The van der Waals surface area contributed by atoms with Crippen molar-refractivity contribution in [2.24, 2.45) is 4.99 Å². The van der Waals surface area contributed by atoms with E-state index in [1.165, 1.54) is 0 Å². The van der Waals surface area contributed by atoms with Crippen molar-refractivity contribution in [1.82, 2.24) is 0 Å². The van der Waals surface area contributed by atoms with Gasteiger partial charge in [0.05, 0.1) is 17.0 Å². The maximum atomic E-state index is 13.1. The highest BCUT2D eigenvalue weighted by Crippen LogP contribution is 2.30. The SMILES string of the molecule is Cc1ccc(N2C(=O)/C(=C\c3ccco3)N=C2c2ccccc2Cl)cc1. The van der Waals surface area contributed by atoms with Crippen LogP contribution < -0.4 is 4.90 Å². The van der Waals surface area contributed by atoms with Gasteiger partial charge in [0.15, 0.2) is 0 Å². The standard InChI is InChI=1S/C21H15ClN2O2/c1-14-8-10-15(11-9-14)24-20(17-6-2-3-7-18(17)22)23-19(21(24)25)13-16-5-4-12-26-16/h2-13H,1H3/b19-13+. The first-order valence-corrected chi connectivity index (χ1v) is 8.51. The van der Waals surface area contributed by atoms with Gasteiger partial charge in [-0.2, -0.15) is 0 Å². The lowest BCUT2D eigenvalue weighted by molar-refractivity contribution is -0.113. The molecular formula is C21H15ClN2O2. The Balaban J connectivity index is 1.86. The van der Waals surface area contributed by atoms with E-state index in [1.807, 2.05) is 49.4 Å². The molecule has 1 aromatic heterocycles. The summed E-state index contributed by atoms with van der Waals surface area (Å²) in [5.41, 5.74) is 2.85. The Morgan fingerprint density at radius 3 is 2.50 bits per heavy atom. The molecule has 1 aliphatic heterocycles. The van der Waals surface area contributed by atoms with Crippen LogP contribution in [0.2, 0.25) is 5.02 Å². The maximum Gasteiger partial charge on any atom is 0.282 e. The first kappa shape index (κ1) is 16.4. The van der Waals surface area contributed by atoms with Crippen molar-refractivity contribution in [2.75, 3.05) is 4.90 Å². The van der Waals surface area contributed by atoms with Crippen LogP contribution in [0.1, 0.15) is 16.9 Å². The number of benzene rings is 2. The molecule has 4 nitrogen and oxygen atoms in total. The number of amidine groups is 1. The van der Waals surface area contributed by atoms with E-state index in [1.54, 1.807) is 35.4 Å². The Morgan fingerprint density at radius 2 is 1.81 bits per heavy atom. The number of furan rings is 1. The van der Waals surface area contributed by atoms with E-state index >= 15 is 0 Å². The van der Waals surface area contributed by atoms with Crippen LogP contribution in [0.15, 0.2) is 82.0 Å². The summed E-state index contributed by atoms with van der Waals surface area (Å²) in [6, 6.07) is 18.6. The molecule has 0 unspecified atom stereocenters. The summed E-state index contributed by atoms with van der Waals surface area (Å²) in [7, 11) is 0. The number of carbonyl (C=O) groups is 1. The Hall–Kier alpha value is -3.11. The van der Waals surface area contributed by atoms with E-state index in [-0.39, 0.29) is 5.91 Å².